The monoisotopic (exact) mass is 301 g/mol. The van der Waals surface area contributed by atoms with Gasteiger partial charge in [0.05, 0.1) is 11.4 Å². The summed E-state index contributed by atoms with van der Waals surface area (Å²) in [5, 5.41) is 0. The summed E-state index contributed by atoms with van der Waals surface area (Å²) in [4.78, 5) is 3.80. The van der Waals surface area contributed by atoms with Crippen molar-refractivity contribution in [1.29, 1.82) is 0 Å². The number of nitrogens with zero attached hydrogens (tertiary/aromatic N) is 2. The second kappa shape index (κ2) is 4.44. The standard InChI is InChI=1S/C11H10BrF2N3/c1-6-16-9(11(13)14)5-17(6)10-3-2-7(12)4-8(10)15/h2-5,11H,15H2,1H3. The van der Waals surface area contributed by atoms with E-state index in [1.54, 1.807) is 29.7 Å². The van der Waals surface area contributed by atoms with Gasteiger partial charge in [-0.3, -0.25) is 0 Å². The topological polar surface area (TPSA) is 43.8 Å². The Hall–Kier alpha value is -1.43. The van der Waals surface area contributed by atoms with Gasteiger partial charge in [-0.25, -0.2) is 13.8 Å². The van der Waals surface area contributed by atoms with Gasteiger partial charge in [-0.15, -0.1) is 0 Å². The number of halogens is 3. The second-order valence-corrected chi connectivity index (χ2v) is 4.50. The van der Waals surface area contributed by atoms with Crippen LogP contribution in [0.2, 0.25) is 0 Å². The molecule has 0 aliphatic heterocycles. The molecule has 2 N–H and O–H groups in total. The predicted octanol–water partition coefficient (Wildman–Crippen LogP) is 3.46. The van der Waals surface area contributed by atoms with Crippen molar-refractivity contribution in [3.05, 3.63) is 40.4 Å². The van der Waals surface area contributed by atoms with E-state index in [9.17, 15) is 8.78 Å². The highest BCUT2D eigenvalue weighted by atomic mass is 79.9. The molecule has 2 aromatic rings. The van der Waals surface area contributed by atoms with Crippen molar-refractivity contribution in [2.24, 2.45) is 0 Å². The summed E-state index contributed by atoms with van der Waals surface area (Å²) >= 11 is 3.29. The van der Waals surface area contributed by atoms with Crippen molar-refractivity contribution in [3.8, 4) is 5.69 Å². The summed E-state index contributed by atoms with van der Waals surface area (Å²) in [5.74, 6) is 0.481. The average Bonchev–Trinajstić information content (AvgIpc) is 2.61. The molecule has 0 bridgehead atoms. The average molecular weight is 302 g/mol. The molecule has 6 heteroatoms. The van der Waals surface area contributed by atoms with Gasteiger partial charge in [-0.2, -0.15) is 0 Å². The molecule has 0 fully saturated rings. The van der Waals surface area contributed by atoms with Crippen molar-refractivity contribution in [2.75, 3.05) is 5.73 Å². The number of rotatable bonds is 2. The van der Waals surface area contributed by atoms with Gasteiger partial charge >= 0.3 is 0 Å². The van der Waals surface area contributed by atoms with Gasteiger partial charge in [0, 0.05) is 10.7 Å². The molecule has 0 spiro atoms. The number of anilines is 1. The Morgan fingerprint density at radius 1 is 1.41 bits per heavy atom. The number of nitrogen functional groups attached to an aromatic ring is 1. The third-order valence-corrected chi connectivity index (χ3v) is 2.87. The van der Waals surface area contributed by atoms with E-state index in [0.29, 0.717) is 17.2 Å². The Morgan fingerprint density at radius 2 is 2.12 bits per heavy atom. The van der Waals surface area contributed by atoms with E-state index in [2.05, 4.69) is 20.9 Å². The van der Waals surface area contributed by atoms with Crippen LogP contribution in [0.25, 0.3) is 5.69 Å². The summed E-state index contributed by atoms with van der Waals surface area (Å²) in [5.41, 5.74) is 6.74. The van der Waals surface area contributed by atoms with Gasteiger partial charge in [0.2, 0.25) is 0 Å². The largest absolute Gasteiger partial charge is 0.397 e. The number of hydrogen-bond acceptors (Lipinski definition) is 2. The molecule has 0 aliphatic carbocycles. The van der Waals surface area contributed by atoms with Gasteiger partial charge in [-0.05, 0) is 25.1 Å². The molecule has 1 heterocycles. The summed E-state index contributed by atoms with van der Waals surface area (Å²) in [6.07, 6.45) is -1.27. The van der Waals surface area contributed by atoms with Crippen molar-refractivity contribution >= 4 is 21.6 Å². The molecule has 1 aromatic carbocycles. The molecule has 0 amide bonds. The number of alkyl halides is 2. The third-order valence-electron chi connectivity index (χ3n) is 2.37. The lowest BCUT2D eigenvalue weighted by atomic mass is 10.2. The Bertz CT molecular complexity index is 552. The maximum absolute atomic E-state index is 12.5. The first-order valence-corrected chi connectivity index (χ1v) is 5.68. The maximum Gasteiger partial charge on any atom is 0.281 e. The molecule has 0 atom stereocenters. The van der Waals surface area contributed by atoms with Crippen molar-refractivity contribution < 1.29 is 8.78 Å². The molecule has 90 valence electrons. The first kappa shape index (κ1) is 12.0. The summed E-state index contributed by atoms with van der Waals surface area (Å²) in [7, 11) is 0. The molecule has 17 heavy (non-hydrogen) atoms. The molecular weight excluding hydrogens is 292 g/mol. The Morgan fingerprint density at radius 3 is 2.65 bits per heavy atom. The van der Waals surface area contributed by atoms with Crippen LogP contribution >= 0.6 is 15.9 Å². The van der Waals surface area contributed by atoms with E-state index in [1.165, 1.54) is 6.20 Å². The third kappa shape index (κ3) is 2.31. The van der Waals surface area contributed by atoms with Gasteiger partial charge in [0.1, 0.15) is 11.5 Å². The van der Waals surface area contributed by atoms with Crippen molar-refractivity contribution in [1.82, 2.24) is 9.55 Å². The number of hydrogen-bond donors (Lipinski definition) is 1. The number of benzene rings is 1. The lowest BCUT2D eigenvalue weighted by Crippen LogP contribution is -2.00. The molecule has 0 aliphatic rings. The van der Waals surface area contributed by atoms with Crippen LogP contribution in [0.1, 0.15) is 17.9 Å². The minimum absolute atomic E-state index is 0.246. The molecule has 0 saturated heterocycles. The smallest absolute Gasteiger partial charge is 0.281 e. The highest BCUT2D eigenvalue weighted by molar-refractivity contribution is 9.10. The molecule has 2 rings (SSSR count). The molecule has 3 nitrogen and oxygen atoms in total. The minimum atomic E-state index is -2.58. The van der Waals surface area contributed by atoms with Crippen LogP contribution < -0.4 is 5.73 Å². The SMILES string of the molecule is Cc1nc(C(F)F)cn1-c1ccc(Br)cc1N. The Kier molecular flexibility index (Phi) is 3.15. The molecule has 0 radical (unpaired) electrons. The van der Waals surface area contributed by atoms with E-state index in [0.717, 1.165) is 4.47 Å². The van der Waals surface area contributed by atoms with Crippen molar-refractivity contribution in [3.63, 3.8) is 0 Å². The summed E-state index contributed by atoms with van der Waals surface area (Å²) in [6.45, 7) is 1.66. The Labute approximate surface area is 105 Å². The highest BCUT2D eigenvalue weighted by Gasteiger charge is 2.15. The van der Waals surface area contributed by atoms with Crippen LogP contribution in [-0.2, 0) is 0 Å². The zero-order chi connectivity index (χ0) is 12.6. The molecule has 1 aromatic heterocycles. The van der Waals surface area contributed by atoms with E-state index in [1.807, 2.05) is 0 Å². The van der Waals surface area contributed by atoms with Crippen LogP contribution in [0.4, 0.5) is 14.5 Å². The number of aromatic nitrogens is 2. The minimum Gasteiger partial charge on any atom is -0.397 e. The molecular formula is C11H10BrF2N3. The van der Waals surface area contributed by atoms with E-state index in [-0.39, 0.29) is 5.69 Å². The van der Waals surface area contributed by atoms with Crippen LogP contribution in [0, 0.1) is 6.92 Å². The van der Waals surface area contributed by atoms with Gasteiger partial charge in [0.25, 0.3) is 6.43 Å². The van der Waals surface area contributed by atoms with Crippen LogP contribution in [0.15, 0.2) is 28.9 Å². The lowest BCUT2D eigenvalue weighted by Gasteiger charge is -2.08. The Balaban J connectivity index is 2.52. The predicted molar refractivity (Wildman–Crippen MR) is 65.4 cm³/mol. The van der Waals surface area contributed by atoms with Crippen LogP contribution in [0.5, 0.6) is 0 Å². The first-order chi connectivity index (χ1) is 7.99. The fourth-order valence-corrected chi connectivity index (χ4v) is 1.97. The number of imidazole rings is 1. The zero-order valence-corrected chi connectivity index (χ0v) is 10.6. The first-order valence-electron chi connectivity index (χ1n) is 4.88. The summed E-state index contributed by atoms with van der Waals surface area (Å²) < 4.78 is 27.4. The zero-order valence-electron chi connectivity index (χ0n) is 8.99. The quantitative estimate of drug-likeness (QED) is 0.863. The maximum atomic E-state index is 12.5. The highest BCUT2D eigenvalue weighted by Crippen LogP contribution is 2.25. The van der Waals surface area contributed by atoms with E-state index >= 15 is 0 Å². The molecule has 0 unspecified atom stereocenters. The fraction of sp³-hybridized carbons (Fsp3) is 0.182. The number of aryl methyl sites for hydroxylation is 1. The lowest BCUT2D eigenvalue weighted by molar-refractivity contribution is 0.146. The van der Waals surface area contributed by atoms with Crippen LogP contribution in [0.3, 0.4) is 0 Å². The van der Waals surface area contributed by atoms with Gasteiger partial charge < -0.3 is 10.3 Å². The van der Waals surface area contributed by atoms with E-state index < -0.39 is 6.43 Å². The fourth-order valence-electron chi connectivity index (χ4n) is 1.59. The van der Waals surface area contributed by atoms with Gasteiger partial charge in [0.15, 0.2) is 0 Å². The van der Waals surface area contributed by atoms with Crippen LogP contribution in [-0.4, -0.2) is 9.55 Å². The number of nitrogens with two attached hydrogens (primary N) is 1. The van der Waals surface area contributed by atoms with E-state index in [4.69, 9.17) is 5.73 Å². The molecule has 0 saturated carbocycles. The van der Waals surface area contributed by atoms with Crippen molar-refractivity contribution in [2.45, 2.75) is 13.3 Å². The summed E-state index contributed by atoms with van der Waals surface area (Å²) in [6, 6.07) is 5.27. The normalized spacial score (nSPS) is 11.1. The second-order valence-electron chi connectivity index (χ2n) is 3.59. The van der Waals surface area contributed by atoms with Gasteiger partial charge in [-0.1, -0.05) is 15.9 Å².